The fourth-order valence-corrected chi connectivity index (χ4v) is 4.00. The molecule has 1 unspecified atom stereocenters. The van der Waals surface area contributed by atoms with E-state index >= 15 is 0 Å². The molecule has 0 aliphatic carbocycles. The molecule has 4 aromatic rings. The molecule has 0 saturated carbocycles. The first-order valence-electron chi connectivity index (χ1n) is 8.47. The molecule has 1 atom stereocenters. The maximum atomic E-state index is 11.9. The molecule has 4 rings (SSSR count). The summed E-state index contributed by atoms with van der Waals surface area (Å²) in [6.45, 7) is 0.560. The Kier molecular flexibility index (Phi) is 4.93. The van der Waals surface area contributed by atoms with Crippen molar-refractivity contribution in [2.75, 3.05) is 16.9 Å². The number of nitrogens with one attached hydrogen (secondary N) is 3. The summed E-state index contributed by atoms with van der Waals surface area (Å²) in [4.78, 5) is 13.4. The molecule has 0 bridgehead atoms. The number of thiazole rings is 1. The molecule has 0 radical (unpaired) electrons. The molecular formula is C19H18N6OS2. The van der Waals surface area contributed by atoms with Crippen molar-refractivity contribution >= 4 is 48.6 Å². The summed E-state index contributed by atoms with van der Waals surface area (Å²) in [5, 5.41) is 10.2. The Morgan fingerprint density at radius 3 is 2.82 bits per heavy atom. The van der Waals surface area contributed by atoms with Gasteiger partial charge in [-0.05, 0) is 35.9 Å². The van der Waals surface area contributed by atoms with Gasteiger partial charge in [0.1, 0.15) is 12.1 Å². The van der Waals surface area contributed by atoms with Crippen LogP contribution >= 0.6 is 11.3 Å². The van der Waals surface area contributed by atoms with Crippen LogP contribution in [0.1, 0.15) is 5.56 Å². The first-order chi connectivity index (χ1) is 13.5. The van der Waals surface area contributed by atoms with Crippen molar-refractivity contribution in [3.8, 4) is 0 Å². The van der Waals surface area contributed by atoms with E-state index in [4.69, 9.17) is 4.78 Å². The summed E-state index contributed by atoms with van der Waals surface area (Å²) in [5.74, 6) is 0.715. The number of nitrogens with zero attached hydrogens (tertiary/aromatic N) is 3. The third kappa shape index (κ3) is 4.10. The summed E-state index contributed by atoms with van der Waals surface area (Å²) in [6, 6.07) is 13.2. The van der Waals surface area contributed by atoms with Crippen LogP contribution in [0.3, 0.4) is 0 Å². The fraction of sp³-hybridized carbons (Fsp3) is 0.105. The number of fused-ring (bicyclic) bond motifs is 1. The van der Waals surface area contributed by atoms with Crippen LogP contribution in [0.15, 0.2) is 65.3 Å². The van der Waals surface area contributed by atoms with Crippen molar-refractivity contribution in [2.45, 2.75) is 11.4 Å². The number of aromatic nitrogens is 3. The van der Waals surface area contributed by atoms with Crippen molar-refractivity contribution in [1.82, 2.24) is 15.0 Å². The van der Waals surface area contributed by atoms with Crippen molar-refractivity contribution in [2.24, 2.45) is 0 Å². The number of benzene rings is 2. The maximum Gasteiger partial charge on any atom is 0.188 e. The fourth-order valence-electron chi connectivity index (χ4n) is 2.75. The smallest absolute Gasteiger partial charge is 0.188 e. The monoisotopic (exact) mass is 410 g/mol. The molecule has 0 fully saturated rings. The van der Waals surface area contributed by atoms with E-state index in [0.717, 1.165) is 27.3 Å². The highest BCUT2D eigenvalue weighted by Gasteiger charge is 2.07. The van der Waals surface area contributed by atoms with E-state index in [9.17, 15) is 4.21 Å². The quantitative estimate of drug-likeness (QED) is 0.433. The third-order valence-corrected chi connectivity index (χ3v) is 5.98. The largest absolute Gasteiger partial charge is 0.381 e. The minimum Gasteiger partial charge on any atom is -0.381 e. The molecule has 0 saturated heterocycles. The summed E-state index contributed by atoms with van der Waals surface area (Å²) in [5.41, 5.74) is 2.70. The van der Waals surface area contributed by atoms with Gasteiger partial charge in [-0.1, -0.05) is 12.1 Å². The standard InChI is InChI=1S/C19H18N6OS2/c1-28(20,26)15-4-2-3-13(9-15)11-22-14-5-6-16-17(10-14)23-12-24-18(16)25-19-21-7-8-27-19/h2-10,12,20,22H,11H2,1H3,(H,21,23,24,25). The Hall–Kier alpha value is -3.04. The highest BCUT2D eigenvalue weighted by Crippen LogP contribution is 2.26. The van der Waals surface area contributed by atoms with Crippen molar-refractivity contribution in [3.63, 3.8) is 0 Å². The van der Waals surface area contributed by atoms with Gasteiger partial charge in [-0.25, -0.2) is 23.9 Å². The van der Waals surface area contributed by atoms with E-state index in [2.05, 4.69) is 25.6 Å². The van der Waals surface area contributed by atoms with Gasteiger partial charge in [0.2, 0.25) is 0 Å². The van der Waals surface area contributed by atoms with Gasteiger partial charge in [0.25, 0.3) is 0 Å². The van der Waals surface area contributed by atoms with E-state index in [0.29, 0.717) is 17.3 Å². The summed E-state index contributed by atoms with van der Waals surface area (Å²) in [7, 11) is -2.72. The van der Waals surface area contributed by atoms with Gasteiger partial charge < -0.3 is 10.6 Å². The first-order valence-corrected chi connectivity index (χ1v) is 11.3. The number of hydrogen-bond donors (Lipinski definition) is 3. The van der Waals surface area contributed by atoms with E-state index in [1.807, 2.05) is 41.8 Å². The second-order valence-electron chi connectivity index (χ2n) is 6.26. The normalized spacial score (nSPS) is 13.2. The molecular weight excluding hydrogens is 392 g/mol. The van der Waals surface area contributed by atoms with Gasteiger partial charge in [-0.3, -0.25) is 0 Å². The van der Waals surface area contributed by atoms with Gasteiger partial charge in [-0.15, -0.1) is 11.3 Å². The number of rotatable bonds is 6. The average molecular weight is 411 g/mol. The average Bonchev–Trinajstić information content (AvgIpc) is 3.19. The van der Waals surface area contributed by atoms with Crippen LogP contribution in [0.5, 0.6) is 0 Å². The lowest BCUT2D eigenvalue weighted by Gasteiger charge is -2.10. The Balaban J connectivity index is 1.54. The number of anilines is 3. The lowest BCUT2D eigenvalue weighted by atomic mass is 10.2. The maximum absolute atomic E-state index is 11.9. The van der Waals surface area contributed by atoms with Crippen LogP contribution in [0, 0.1) is 4.78 Å². The predicted molar refractivity (Wildman–Crippen MR) is 114 cm³/mol. The zero-order chi connectivity index (χ0) is 19.6. The molecule has 0 amide bonds. The van der Waals surface area contributed by atoms with Gasteiger partial charge >= 0.3 is 0 Å². The SMILES string of the molecule is CS(=N)(=O)c1cccc(CNc2ccc3c(Nc4nccs4)ncnc3c2)c1. The topological polar surface area (TPSA) is 104 Å². The third-order valence-electron chi connectivity index (χ3n) is 4.14. The van der Waals surface area contributed by atoms with Gasteiger partial charge in [0.05, 0.1) is 15.2 Å². The Morgan fingerprint density at radius 2 is 2.04 bits per heavy atom. The molecule has 3 N–H and O–H groups in total. The van der Waals surface area contributed by atoms with Crippen molar-refractivity contribution < 1.29 is 4.21 Å². The van der Waals surface area contributed by atoms with Crippen LogP contribution in [-0.2, 0) is 16.3 Å². The second kappa shape index (κ2) is 7.53. The van der Waals surface area contributed by atoms with Crippen molar-refractivity contribution in [1.29, 1.82) is 4.78 Å². The summed E-state index contributed by atoms with van der Waals surface area (Å²) in [6.07, 6.45) is 4.70. The Labute approximate surface area is 166 Å². The molecule has 9 heteroatoms. The van der Waals surface area contributed by atoms with Gasteiger partial charge in [-0.2, -0.15) is 0 Å². The molecule has 28 heavy (non-hydrogen) atoms. The lowest BCUT2D eigenvalue weighted by molar-refractivity contribution is 0.679. The van der Waals surface area contributed by atoms with E-state index < -0.39 is 9.73 Å². The van der Waals surface area contributed by atoms with Crippen LogP contribution < -0.4 is 10.6 Å². The molecule has 142 valence electrons. The van der Waals surface area contributed by atoms with Crippen LogP contribution in [0.25, 0.3) is 10.9 Å². The predicted octanol–water partition coefficient (Wildman–Crippen LogP) is 4.48. The van der Waals surface area contributed by atoms with E-state index in [1.165, 1.54) is 23.9 Å². The molecule has 0 spiro atoms. The molecule has 2 aromatic carbocycles. The number of hydrogen-bond acceptors (Lipinski definition) is 8. The highest BCUT2D eigenvalue weighted by atomic mass is 32.2. The molecule has 7 nitrogen and oxygen atoms in total. The summed E-state index contributed by atoms with van der Waals surface area (Å²) >= 11 is 1.51. The molecule has 2 heterocycles. The van der Waals surface area contributed by atoms with E-state index in [-0.39, 0.29) is 0 Å². The van der Waals surface area contributed by atoms with Crippen LogP contribution in [0.4, 0.5) is 16.6 Å². The first kappa shape index (κ1) is 18.3. The van der Waals surface area contributed by atoms with Gasteiger partial charge in [0.15, 0.2) is 5.13 Å². The zero-order valence-corrected chi connectivity index (χ0v) is 16.7. The zero-order valence-electron chi connectivity index (χ0n) is 15.0. The second-order valence-corrected chi connectivity index (χ2v) is 9.31. The minimum absolute atomic E-state index is 0.538. The highest BCUT2D eigenvalue weighted by molar-refractivity contribution is 7.91. The van der Waals surface area contributed by atoms with E-state index in [1.54, 1.807) is 12.3 Å². The van der Waals surface area contributed by atoms with Gasteiger partial charge in [0, 0.05) is 40.3 Å². The van der Waals surface area contributed by atoms with Crippen LogP contribution in [-0.4, -0.2) is 25.4 Å². The Morgan fingerprint density at radius 1 is 1.14 bits per heavy atom. The van der Waals surface area contributed by atoms with Crippen LogP contribution in [0.2, 0.25) is 0 Å². The minimum atomic E-state index is -2.72. The van der Waals surface area contributed by atoms with Crippen molar-refractivity contribution in [3.05, 3.63) is 65.9 Å². The Bertz CT molecular complexity index is 1220. The summed E-state index contributed by atoms with van der Waals surface area (Å²) < 4.78 is 19.7. The molecule has 2 aromatic heterocycles. The lowest BCUT2D eigenvalue weighted by Crippen LogP contribution is -2.02. The molecule has 0 aliphatic heterocycles. The molecule has 0 aliphatic rings.